The first kappa shape index (κ1) is 18.3. The lowest BCUT2D eigenvalue weighted by molar-refractivity contribution is -0.120. The van der Waals surface area contributed by atoms with Crippen molar-refractivity contribution in [3.8, 4) is 0 Å². The van der Waals surface area contributed by atoms with Crippen molar-refractivity contribution in [3.05, 3.63) is 65.9 Å². The molecule has 1 saturated heterocycles. The van der Waals surface area contributed by atoms with Gasteiger partial charge in [-0.25, -0.2) is 0 Å². The van der Waals surface area contributed by atoms with Crippen molar-refractivity contribution in [2.24, 2.45) is 0 Å². The normalized spacial score (nSPS) is 16.2. The summed E-state index contributed by atoms with van der Waals surface area (Å²) in [4.78, 5) is 24.4. The Balaban J connectivity index is 1.31. The first-order chi connectivity index (χ1) is 13.7. The van der Waals surface area contributed by atoms with Gasteiger partial charge in [0.2, 0.25) is 5.91 Å². The average molecular weight is 378 g/mol. The predicted molar refractivity (Wildman–Crippen MR) is 106 cm³/mol. The molecule has 1 aliphatic rings. The molecule has 1 aliphatic heterocycles. The van der Waals surface area contributed by atoms with Crippen LogP contribution in [0.1, 0.15) is 29.0 Å². The maximum Gasteiger partial charge on any atom is 0.291 e. The van der Waals surface area contributed by atoms with Gasteiger partial charge in [0.25, 0.3) is 5.91 Å². The number of carbonyl (C=O) groups is 2. The van der Waals surface area contributed by atoms with E-state index in [1.54, 1.807) is 18.2 Å². The molecule has 1 aromatic heterocycles. The molecule has 0 radical (unpaired) electrons. The molecule has 1 atom stereocenters. The molecular formula is C22H22N2O4. The monoisotopic (exact) mass is 378 g/mol. The number of rotatable bonds is 6. The van der Waals surface area contributed by atoms with Gasteiger partial charge >= 0.3 is 0 Å². The van der Waals surface area contributed by atoms with Crippen LogP contribution in [0.3, 0.4) is 0 Å². The SMILES string of the molecule is O=C(Cc1ccc(NC(=O)c2cc3ccccc3o2)cc1)NCC1CCCO1. The molecule has 2 N–H and O–H groups in total. The smallest absolute Gasteiger partial charge is 0.291 e. The maximum absolute atomic E-state index is 12.4. The number of ether oxygens (including phenoxy) is 1. The largest absolute Gasteiger partial charge is 0.451 e. The highest BCUT2D eigenvalue weighted by molar-refractivity contribution is 6.04. The van der Waals surface area contributed by atoms with Gasteiger partial charge in [-0.3, -0.25) is 9.59 Å². The molecule has 144 valence electrons. The number of furan rings is 1. The first-order valence-electron chi connectivity index (χ1n) is 9.44. The number of benzene rings is 2. The van der Waals surface area contributed by atoms with E-state index < -0.39 is 0 Å². The number of amides is 2. The van der Waals surface area contributed by atoms with Crippen molar-refractivity contribution in [2.45, 2.75) is 25.4 Å². The van der Waals surface area contributed by atoms with Crippen LogP contribution >= 0.6 is 0 Å². The van der Waals surface area contributed by atoms with Gasteiger partial charge in [-0.2, -0.15) is 0 Å². The standard InChI is InChI=1S/C22H22N2O4/c25-21(23-14-18-5-3-11-27-18)12-15-7-9-17(10-8-15)24-22(26)20-13-16-4-1-2-6-19(16)28-20/h1-2,4,6-10,13,18H,3,5,11-12,14H2,(H,23,25)(H,24,26). The summed E-state index contributed by atoms with van der Waals surface area (Å²) in [6, 6.07) is 16.4. The van der Waals surface area contributed by atoms with Crippen molar-refractivity contribution >= 4 is 28.5 Å². The first-order valence-corrected chi connectivity index (χ1v) is 9.44. The predicted octanol–water partition coefficient (Wildman–Crippen LogP) is 3.52. The molecule has 6 nitrogen and oxygen atoms in total. The van der Waals surface area contributed by atoms with E-state index in [1.165, 1.54) is 0 Å². The number of anilines is 1. The number of nitrogens with one attached hydrogen (secondary N) is 2. The molecule has 3 aromatic rings. The van der Waals surface area contributed by atoms with Gasteiger partial charge in [-0.15, -0.1) is 0 Å². The van der Waals surface area contributed by atoms with Gasteiger partial charge < -0.3 is 19.8 Å². The number of fused-ring (bicyclic) bond motifs is 1. The number of hydrogen-bond donors (Lipinski definition) is 2. The van der Waals surface area contributed by atoms with Crippen LogP contribution in [0.2, 0.25) is 0 Å². The highest BCUT2D eigenvalue weighted by Crippen LogP contribution is 2.20. The molecule has 1 fully saturated rings. The van der Waals surface area contributed by atoms with Gasteiger partial charge in [0.05, 0.1) is 12.5 Å². The van der Waals surface area contributed by atoms with Gasteiger partial charge in [0.1, 0.15) is 5.58 Å². The van der Waals surface area contributed by atoms with Gasteiger partial charge in [0.15, 0.2) is 5.76 Å². The quantitative estimate of drug-likeness (QED) is 0.688. The summed E-state index contributed by atoms with van der Waals surface area (Å²) in [7, 11) is 0. The van der Waals surface area contributed by atoms with Crippen LogP contribution in [0, 0.1) is 0 Å². The summed E-state index contributed by atoms with van der Waals surface area (Å²) in [6.07, 6.45) is 2.49. The summed E-state index contributed by atoms with van der Waals surface area (Å²) in [6.45, 7) is 1.34. The Labute approximate surface area is 162 Å². The van der Waals surface area contributed by atoms with E-state index >= 15 is 0 Å². The summed E-state index contributed by atoms with van der Waals surface area (Å²) >= 11 is 0. The molecular weight excluding hydrogens is 356 g/mol. The highest BCUT2D eigenvalue weighted by Gasteiger charge is 2.16. The van der Waals surface area contributed by atoms with Crippen LogP contribution in [0.4, 0.5) is 5.69 Å². The van der Waals surface area contributed by atoms with E-state index in [0.717, 1.165) is 30.4 Å². The van der Waals surface area contributed by atoms with Crippen molar-refractivity contribution in [3.63, 3.8) is 0 Å². The molecule has 0 saturated carbocycles. The second-order valence-electron chi connectivity index (χ2n) is 6.92. The van der Waals surface area contributed by atoms with Crippen LogP contribution < -0.4 is 10.6 Å². The van der Waals surface area contributed by atoms with Crippen LogP contribution in [0.15, 0.2) is 59.0 Å². The van der Waals surface area contributed by atoms with Gasteiger partial charge in [0, 0.05) is 24.2 Å². The summed E-state index contributed by atoms with van der Waals surface area (Å²) in [5, 5.41) is 6.61. The highest BCUT2D eigenvalue weighted by atomic mass is 16.5. The molecule has 1 unspecified atom stereocenters. The fourth-order valence-corrected chi connectivity index (χ4v) is 3.27. The van der Waals surface area contributed by atoms with E-state index in [2.05, 4.69) is 10.6 Å². The zero-order valence-electron chi connectivity index (χ0n) is 15.4. The topological polar surface area (TPSA) is 80.6 Å². The molecule has 0 spiro atoms. The molecule has 28 heavy (non-hydrogen) atoms. The number of para-hydroxylation sites is 1. The van der Waals surface area contributed by atoms with Gasteiger partial charge in [-0.1, -0.05) is 30.3 Å². The van der Waals surface area contributed by atoms with Gasteiger partial charge in [-0.05, 0) is 42.7 Å². The van der Waals surface area contributed by atoms with Crippen LogP contribution in [0.5, 0.6) is 0 Å². The molecule has 0 aliphatic carbocycles. The zero-order valence-corrected chi connectivity index (χ0v) is 15.4. The lowest BCUT2D eigenvalue weighted by Gasteiger charge is -2.11. The fourth-order valence-electron chi connectivity index (χ4n) is 3.27. The van der Waals surface area contributed by atoms with E-state index in [4.69, 9.17) is 9.15 Å². The second kappa shape index (κ2) is 8.27. The van der Waals surface area contributed by atoms with Crippen molar-refractivity contribution in [2.75, 3.05) is 18.5 Å². The molecule has 4 rings (SSSR count). The third kappa shape index (κ3) is 4.40. The minimum absolute atomic E-state index is 0.0328. The third-order valence-electron chi connectivity index (χ3n) is 4.78. The summed E-state index contributed by atoms with van der Waals surface area (Å²) in [5.41, 5.74) is 2.21. The average Bonchev–Trinajstić information content (AvgIpc) is 3.37. The van der Waals surface area contributed by atoms with Crippen LogP contribution in [-0.4, -0.2) is 31.1 Å². The second-order valence-corrected chi connectivity index (χ2v) is 6.92. The van der Waals surface area contributed by atoms with Crippen LogP contribution in [0.25, 0.3) is 11.0 Å². The molecule has 2 amide bonds. The zero-order chi connectivity index (χ0) is 19.3. The maximum atomic E-state index is 12.4. The Kier molecular flexibility index (Phi) is 5.39. The van der Waals surface area contributed by atoms with E-state index in [9.17, 15) is 9.59 Å². The Morgan fingerprint density at radius 1 is 1.07 bits per heavy atom. The lowest BCUT2D eigenvalue weighted by atomic mass is 10.1. The fraction of sp³-hybridized carbons (Fsp3) is 0.273. The number of hydrogen-bond acceptors (Lipinski definition) is 4. The van der Waals surface area contributed by atoms with Crippen molar-refractivity contribution in [1.29, 1.82) is 0 Å². The van der Waals surface area contributed by atoms with Crippen molar-refractivity contribution in [1.82, 2.24) is 5.32 Å². The minimum atomic E-state index is -0.307. The van der Waals surface area contributed by atoms with Crippen molar-refractivity contribution < 1.29 is 18.7 Å². The van der Waals surface area contributed by atoms with Crippen LogP contribution in [-0.2, 0) is 16.0 Å². The van der Waals surface area contributed by atoms with E-state index in [-0.39, 0.29) is 23.7 Å². The summed E-state index contributed by atoms with van der Waals surface area (Å²) in [5.74, 6) is -0.0772. The minimum Gasteiger partial charge on any atom is -0.451 e. The molecule has 2 aromatic carbocycles. The molecule has 2 heterocycles. The molecule has 0 bridgehead atoms. The Morgan fingerprint density at radius 3 is 2.64 bits per heavy atom. The molecule has 6 heteroatoms. The third-order valence-corrected chi connectivity index (χ3v) is 4.78. The van der Waals surface area contributed by atoms with E-state index in [1.807, 2.05) is 36.4 Å². The lowest BCUT2D eigenvalue weighted by Crippen LogP contribution is -2.32. The number of carbonyl (C=O) groups excluding carboxylic acids is 2. The Morgan fingerprint density at radius 2 is 1.89 bits per heavy atom. The van der Waals surface area contributed by atoms with E-state index in [0.29, 0.717) is 24.2 Å². The summed E-state index contributed by atoms with van der Waals surface area (Å²) < 4.78 is 11.1. The Hall–Kier alpha value is -3.12. The Bertz CT molecular complexity index is 939.